The van der Waals surface area contributed by atoms with Gasteiger partial charge in [-0.15, -0.1) is 11.6 Å². The van der Waals surface area contributed by atoms with Crippen molar-refractivity contribution in [1.29, 1.82) is 0 Å². The second-order valence-corrected chi connectivity index (χ2v) is 5.52. The van der Waals surface area contributed by atoms with Gasteiger partial charge in [-0.05, 0) is 25.5 Å². The number of rotatable bonds is 3. The fourth-order valence-corrected chi connectivity index (χ4v) is 2.62. The Hall–Kier alpha value is -1.66. The Balaban J connectivity index is 2.31. The number of benzene rings is 1. The fourth-order valence-electron chi connectivity index (χ4n) is 2.45. The highest BCUT2D eigenvalue weighted by Crippen LogP contribution is 2.23. The molecule has 2 atom stereocenters. The van der Waals surface area contributed by atoms with Crippen LogP contribution in [0.1, 0.15) is 22.8 Å². The van der Waals surface area contributed by atoms with Gasteiger partial charge in [-0.1, -0.05) is 6.07 Å². The van der Waals surface area contributed by atoms with Crippen molar-refractivity contribution in [3.8, 4) is 0 Å². The summed E-state index contributed by atoms with van der Waals surface area (Å²) in [5.41, 5.74) is 0.744. The van der Waals surface area contributed by atoms with Gasteiger partial charge >= 0.3 is 0 Å². The number of carbonyl (C=O) groups is 1. The van der Waals surface area contributed by atoms with Gasteiger partial charge in [0.1, 0.15) is 5.56 Å². The lowest BCUT2D eigenvalue weighted by atomic mass is 10.1. The van der Waals surface area contributed by atoms with Crippen LogP contribution in [-0.4, -0.2) is 46.9 Å². The Labute approximate surface area is 127 Å². The third-order valence-electron chi connectivity index (χ3n) is 3.36. The standard InChI is InChI=1S/C14H17ClN2O4/c1-9-3-4-13(17(19)20)12(5-9)14(18)16-7-10(2)21-11(6-15)8-16/h3-5,10-11H,6-8H2,1-2H3. The average Bonchev–Trinajstić information content (AvgIpc) is 2.45. The van der Waals surface area contributed by atoms with E-state index in [1.165, 1.54) is 6.07 Å². The summed E-state index contributed by atoms with van der Waals surface area (Å²) in [6, 6.07) is 4.54. The van der Waals surface area contributed by atoms with Gasteiger partial charge in [-0.25, -0.2) is 0 Å². The molecule has 1 aliphatic rings. The molecular formula is C14H17ClN2O4. The molecule has 2 unspecified atom stereocenters. The van der Waals surface area contributed by atoms with Gasteiger partial charge in [0.15, 0.2) is 0 Å². The van der Waals surface area contributed by atoms with E-state index in [0.717, 1.165) is 5.56 Å². The summed E-state index contributed by atoms with van der Waals surface area (Å²) in [4.78, 5) is 24.7. The van der Waals surface area contributed by atoms with E-state index in [2.05, 4.69) is 0 Å². The molecule has 0 aliphatic carbocycles. The van der Waals surface area contributed by atoms with E-state index < -0.39 is 4.92 Å². The molecule has 0 spiro atoms. The zero-order chi connectivity index (χ0) is 15.6. The van der Waals surface area contributed by atoms with Crippen LogP contribution in [0.3, 0.4) is 0 Å². The summed E-state index contributed by atoms with van der Waals surface area (Å²) in [5, 5.41) is 11.1. The lowest BCUT2D eigenvalue weighted by Gasteiger charge is -2.36. The first-order valence-electron chi connectivity index (χ1n) is 6.68. The van der Waals surface area contributed by atoms with Gasteiger partial charge in [-0.3, -0.25) is 14.9 Å². The third-order valence-corrected chi connectivity index (χ3v) is 3.71. The number of alkyl halides is 1. The van der Waals surface area contributed by atoms with Crippen LogP contribution in [0.4, 0.5) is 5.69 Å². The number of aryl methyl sites for hydroxylation is 1. The molecule has 1 fully saturated rings. The maximum atomic E-state index is 12.6. The quantitative estimate of drug-likeness (QED) is 0.488. The number of amides is 1. The van der Waals surface area contributed by atoms with E-state index in [9.17, 15) is 14.9 Å². The van der Waals surface area contributed by atoms with Crippen molar-refractivity contribution >= 4 is 23.2 Å². The number of nitro groups is 1. The molecule has 6 nitrogen and oxygen atoms in total. The Kier molecular flexibility index (Phi) is 4.80. The van der Waals surface area contributed by atoms with Crippen LogP contribution in [0.15, 0.2) is 18.2 Å². The first-order chi connectivity index (χ1) is 9.92. The van der Waals surface area contributed by atoms with Gasteiger partial charge in [0.2, 0.25) is 0 Å². The predicted octanol–water partition coefficient (Wildman–Crippen LogP) is 2.37. The Morgan fingerprint density at radius 3 is 2.86 bits per heavy atom. The van der Waals surface area contributed by atoms with E-state index in [4.69, 9.17) is 16.3 Å². The highest BCUT2D eigenvalue weighted by molar-refractivity contribution is 6.18. The zero-order valence-electron chi connectivity index (χ0n) is 11.9. The van der Waals surface area contributed by atoms with Gasteiger partial charge in [0.05, 0.1) is 23.0 Å². The van der Waals surface area contributed by atoms with Crippen LogP contribution in [0.5, 0.6) is 0 Å². The molecule has 1 aliphatic heterocycles. The molecule has 1 heterocycles. The van der Waals surface area contributed by atoms with Crippen LogP contribution >= 0.6 is 11.6 Å². The summed E-state index contributed by atoms with van der Waals surface area (Å²) >= 11 is 5.80. The first kappa shape index (κ1) is 15.7. The number of morpholine rings is 1. The van der Waals surface area contributed by atoms with Gasteiger partial charge < -0.3 is 9.64 Å². The molecule has 21 heavy (non-hydrogen) atoms. The van der Waals surface area contributed by atoms with Gasteiger partial charge in [0.25, 0.3) is 11.6 Å². The molecule has 114 valence electrons. The van der Waals surface area contributed by atoms with Gasteiger partial charge in [-0.2, -0.15) is 0 Å². The minimum absolute atomic E-state index is 0.113. The molecule has 1 aromatic rings. The van der Waals surface area contributed by atoms with Crippen LogP contribution in [0.25, 0.3) is 0 Å². The predicted molar refractivity (Wildman–Crippen MR) is 78.8 cm³/mol. The molecule has 0 aromatic heterocycles. The number of halogens is 1. The molecular weight excluding hydrogens is 296 g/mol. The Morgan fingerprint density at radius 1 is 1.52 bits per heavy atom. The van der Waals surface area contributed by atoms with Crippen molar-refractivity contribution in [2.45, 2.75) is 26.1 Å². The molecule has 7 heteroatoms. The van der Waals surface area contributed by atoms with E-state index >= 15 is 0 Å². The Bertz CT molecular complexity index is 564. The minimum Gasteiger partial charge on any atom is -0.370 e. The normalized spacial score (nSPS) is 22.1. The highest BCUT2D eigenvalue weighted by atomic mass is 35.5. The molecule has 1 saturated heterocycles. The lowest BCUT2D eigenvalue weighted by Crippen LogP contribution is -2.49. The summed E-state index contributed by atoms with van der Waals surface area (Å²) in [6.07, 6.45) is -0.390. The zero-order valence-corrected chi connectivity index (χ0v) is 12.7. The molecule has 0 N–H and O–H groups in total. The second kappa shape index (κ2) is 6.41. The summed E-state index contributed by atoms with van der Waals surface area (Å²) in [6.45, 7) is 4.39. The topological polar surface area (TPSA) is 72.7 Å². The largest absolute Gasteiger partial charge is 0.370 e. The smallest absolute Gasteiger partial charge is 0.282 e. The fraction of sp³-hybridized carbons (Fsp3) is 0.500. The van der Waals surface area contributed by atoms with E-state index in [1.807, 2.05) is 6.92 Å². The van der Waals surface area contributed by atoms with Crippen molar-refractivity contribution in [2.24, 2.45) is 0 Å². The SMILES string of the molecule is Cc1ccc([N+](=O)[O-])c(C(=O)N2CC(C)OC(CCl)C2)c1. The number of carbonyl (C=O) groups excluding carboxylic acids is 1. The monoisotopic (exact) mass is 312 g/mol. The molecule has 2 rings (SSSR count). The number of hydrogen-bond donors (Lipinski definition) is 0. The maximum absolute atomic E-state index is 12.6. The highest BCUT2D eigenvalue weighted by Gasteiger charge is 2.31. The van der Waals surface area contributed by atoms with Crippen molar-refractivity contribution in [1.82, 2.24) is 4.90 Å². The third kappa shape index (κ3) is 3.51. The van der Waals surface area contributed by atoms with E-state index in [-0.39, 0.29) is 35.2 Å². The minimum atomic E-state index is -0.532. The van der Waals surface area contributed by atoms with Crippen molar-refractivity contribution in [3.63, 3.8) is 0 Å². The first-order valence-corrected chi connectivity index (χ1v) is 7.21. The van der Waals surface area contributed by atoms with E-state index in [1.54, 1.807) is 24.0 Å². The van der Waals surface area contributed by atoms with E-state index in [0.29, 0.717) is 13.1 Å². The summed E-state index contributed by atoms with van der Waals surface area (Å²) in [7, 11) is 0. The Morgan fingerprint density at radius 2 is 2.24 bits per heavy atom. The molecule has 1 amide bonds. The van der Waals surface area contributed by atoms with Crippen molar-refractivity contribution in [3.05, 3.63) is 39.4 Å². The van der Waals surface area contributed by atoms with Crippen LogP contribution in [0.2, 0.25) is 0 Å². The summed E-state index contributed by atoms with van der Waals surface area (Å²) in [5.74, 6) is -0.0695. The molecule has 1 aromatic carbocycles. The molecule has 0 radical (unpaired) electrons. The average molecular weight is 313 g/mol. The van der Waals surface area contributed by atoms with Gasteiger partial charge in [0, 0.05) is 19.2 Å². The number of ether oxygens (including phenoxy) is 1. The number of hydrogen-bond acceptors (Lipinski definition) is 4. The second-order valence-electron chi connectivity index (χ2n) is 5.21. The van der Waals surface area contributed by atoms with Crippen molar-refractivity contribution in [2.75, 3.05) is 19.0 Å². The number of nitro benzene ring substituents is 1. The van der Waals surface area contributed by atoms with Crippen LogP contribution < -0.4 is 0 Å². The van der Waals surface area contributed by atoms with Crippen LogP contribution in [-0.2, 0) is 4.74 Å². The van der Waals surface area contributed by atoms with Crippen molar-refractivity contribution < 1.29 is 14.5 Å². The number of nitrogens with zero attached hydrogens (tertiary/aromatic N) is 2. The van der Waals surface area contributed by atoms with Crippen LogP contribution in [0, 0.1) is 17.0 Å². The maximum Gasteiger partial charge on any atom is 0.282 e. The summed E-state index contributed by atoms with van der Waals surface area (Å²) < 4.78 is 5.59. The molecule has 0 saturated carbocycles. The molecule has 0 bridgehead atoms. The lowest BCUT2D eigenvalue weighted by molar-refractivity contribution is -0.385.